The highest BCUT2D eigenvalue weighted by atomic mass is 16.2. The average Bonchev–Trinajstić information content (AvgIpc) is 2.42. The van der Waals surface area contributed by atoms with Gasteiger partial charge in [-0.3, -0.25) is 14.7 Å². The average molecular weight is 209 g/mol. The van der Waals surface area contributed by atoms with Gasteiger partial charge in [0.05, 0.1) is 12.1 Å². The molecule has 0 aliphatic rings. The van der Waals surface area contributed by atoms with E-state index in [1.165, 1.54) is 6.92 Å². The minimum absolute atomic E-state index is 0.0596. The number of aromatic amines is 1. The molecule has 0 saturated carbocycles. The summed E-state index contributed by atoms with van der Waals surface area (Å²) in [6, 6.07) is 0. The van der Waals surface area contributed by atoms with E-state index in [0.29, 0.717) is 6.54 Å². The topological polar surface area (TPSA) is 74.8 Å². The normalized spacial score (nSPS) is 10.1. The predicted molar refractivity (Wildman–Crippen MR) is 55.2 cm³/mol. The summed E-state index contributed by atoms with van der Waals surface area (Å²) in [6.07, 6.45) is -0.0596. The molecule has 1 rings (SSSR count). The Morgan fingerprint density at radius 1 is 1.40 bits per heavy atom. The Bertz CT molecular complexity index is 363. The number of nitrogens with zero attached hydrogens (tertiary/aromatic N) is 1. The standard InChI is InChI=1S/C10H15N3O2/c1-6(14)4-10(15)11-5-9-7(2)12-13-8(9)3/h4-5H2,1-3H3,(H,11,15)(H,12,13). The summed E-state index contributed by atoms with van der Waals surface area (Å²) in [6.45, 7) is 5.58. The van der Waals surface area contributed by atoms with Gasteiger partial charge in [-0.25, -0.2) is 0 Å². The maximum absolute atomic E-state index is 11.2. The van der Waals surface area contributed by atoms with Gasteiger partial charge >= 0.3 is 0 Å². The van der Waals surface area contributed by atoms with Crippen molar-refractivity contribution in [2.24, 2.45) is 0 Å². The Morgan fingerprint density at radius 3 is 2.53 bits per heavy atom. The van der Waals surface area contributed by atoms with Crippen molar-refractivity contribution in [2.45, 2.75) is 33.7 Å². The zero-order valence-electron chi connectivity index (χ0n) is 9.18. The molecule has 15 heavy (non-hydrogen) atoms. The number of Topliss-reactive ketones (excluding diaryl/α,β-unsaturated/α-hetero) is 1. The molecule has 2 N–H and O–H groups in total. The first-order valence-corrected chi connectivity index (χ1v) is 4.77. The van der Waals surface area contributed by atoms with Crippen molar-refractivity contribution in [1.29, 1.82) is 0 Å². The van der Waals surface area contributed by atoms with Gasteiger partial charge in [0.15, 0.2) is 0 Å². The van der Waals surface area contributed by atoms with Crippen molar-refractivity contribution in [1.82, 2.24) is 15.5 Å². The summed E-state index contributed by atoms with van der Waals surface area (Å²) in [4.78, 5) is 21.9. The summed E-state index contributed by atoms with van der Waals surface area (Å²) < 4.78 is 0. The number of carbonyl (C=O) groups is 2. The smallest absolute Gasteiger partial charge is 0.227 e. The highest BCUT2D eigenvalue weighted by Gasteiger charge is 2.09. The fourth-order valence-electron chi connectivity index (χ4n) is 1.31. The van der Waals surface area contributed by atoms with E-state index < -0.39 is 0 Å². The molecule has 0 spiro atoms. The summed E-state index contributed by atoms with van der Waals surface area (Å²) in [5.74, 6) is -0.379. The van der Waals surface area contributed by atoms with Gasteiger partial charge in [-0.15, -0.1) is 0 Å². The lowest BCUT2D eigenvalue weighted by atomic mass is 10.2. The molecule has 0 aliphatic carbocycles. The van der Waals surface area contributed by atoms with Gasteiger partial charge in [0, 0.05) is 17.8 Å². The number of rotatable bonds is 4. The summed E-state index contributed by atoms with van der Waals surface area (Å²) in [5, 5.41) is 9.52. The fraction of sp³-hybridized carbons (Fsp3) is 0.500. The van der Waals surface area contributed by atoms with Crippen LogP contribution < -0.4 is 5.32 Å². The lowest BCUT2D eigenvalue weighted by molar-refractivity contribution is -0.127. The highest BCUT2D eigenvalue weighted by Crippen LogP contribution is 2.08. The quantitative estimate of drug-likeness (QED) is 0.714. The molecule has 0 unspecified atom stereocenters. The molecule has 82 valence electrons. The minimum atomic E-state index is -0.248. The molecule has 5 nitrogen and oxygen atoms in total. The van der Waals surface area contributed by atoms with E-state index in [1.54, 1.807) is 0 Å². The van der Waals surface area contributed by atoms with Crippen LogP contribution >= 0.6 is 0 Å². The molecular formula is C10H15N3O2. The SMILES string of the molecule is CC(=O)CC(=O)NCc1c(C)n[nH]c1C. The van der Waals surface area contributed by atoms with Crippen LogP contribution in [0.5, 0.6) is 0 Å². The third-order valence-electron chi connectivity index (χ3n) is 2.15. The molecule has 0 bridgehead atoms. The van der Waals surface area contributed by atoms with E-state index in [-0.39, 0.29) is 18.1 Å². The lowest BCUT2D eigenvalue weighted by Crippen LogP contribution is -2.24. The third-order valence-corrected chi connectivity index (χ3v) is 2.15. The first-order chi connectivity index (χ1) is 7.00. The van der Waals surface area contributed by atoms with Gasteiger partial charge in [-0.2, -0.15) is 5.10 Å². The Kier molecular flexibility index (Phi) is 3.60. The number of carbonyl (C=O) groups excluding carboxylic acids is 2. The largest absolute Gasteiger partial charge is 0.352 e. The van der Waals surface area contributed by atoms with Crippen LogP contribution in [0.2, 0.25) is 0 Å². The monoisotopic (exact) mass is 209 g/mol. The Hall–Kier alpha value is -1.65. The number of hydrogen-bond donors (Lipinski definition) is 2. The first kappa shape index (κ1) is 11.4. The Morgan fingerprint density at radius 2 is 2.07 bits per heavy atom. The molecular weight excluding hydrogens is 194 g/mol. The van der Waals surface area contributed by atoms with Crippen LogP contribution in [0.3, 0.4) is 0 Å². The van der Waals surface area contributed by atoms with Crippen LogP contribution in [-0.2, 0) is 16.1 Å². The number of nitrogens with one attached hydrogen (secondary N) is 2. The number of H-pyrrole nitrogens is 1. The van der Waals surface area contributed by atoms with Crippen molar-refractivity contribution in [3.63, 3.8) is 0 Å². The van der Waals surface area contributed by atoms with E-state index in [0.717, 1.165) is 17.0 Å². The van der Waals surface area contributed by atoms with Gasteiger partial charge in [0.25, 0.3) is 0 Å². The van der Waals surface area contributed by atoms with Gasteiger partial charge in [-0.05, 0) is 20.8 Å². The van der Waals surface area contributed by atoms with Crippen LogP contribution in [0.25, 0.3) is 0 Å². The minimum Gasteiger partial charge on any atom is -0.352 e. The van der Waals surface area contributed by atoms with Crippen LogP contribution in [0.15, 0.2) is 0 Å². The molecule has 0 aliphatic heterocycles. The molecule has 5 heteroatoms. The number of hydrogen-bond acceptors (Lipinski definition) is 3. The van der Waals surface area contributed by atoms with E-state index in [2.05, 4.69) is 15.5 Å². The number of ketones is 1. The molecule has 0 saturated heterocycles. The third kappa shape index (κ3) is 3.19. The molecule has 1 aromatic rings. The lowest BCUT2D eigenvalue weighted by Gasteiger charge is -2.03. The molecule has 0 aromatic carbocycles. The van der Waals surface area contributed by atoms with Gasteiger partial charge in [-0.1, -0.05) is 0 Å². The van der Waals surface area contributed by atoms with Crippen LogP contribution in [0, 0.1) is 13.8 Å². The molecule has 0 radical (unpaired) electrons. The summed E-state index contributed by atoms with van der Waals surface area (Å²) in [7, 11) is 0. The Balaban J connectivity index is 2.50. The number of aromatic nitrogens is 2. The second-order valence-corrected chi connectivity index (χ2v) is 3.57. The van der Waals surface area contributed by atoms with E-state index in [4.69, 9.17) is 0 Å². The van der Waals surface area contributed by atoms with Crippen molar-refractivity contribution in [2.75, 3.05) is 0 Å². The summed E-state index contributed by atoms with van der Waals surface area (Å²) in [5.41, 5.74) is 2.79. The molecule has 0 fully saturated rings. The highest BCUT2D eigenvalue weighted by molar-refractivity contribution is 5.96. The maximum atomic E-state index is 11.2. The maximum Gasteiger partial charge on any atom is 0.227 e. The van der Waals surface area contributed by atoms with Crippen LogP contribution in [0.1, 0.15) is 30.3 Å². The number of amides is 1. The zero-order chi connectivity index (χ0) is 11.4. The van der Waals surface area contributed by atoms with Crippen molar-refractivity contribution >= 4 is 11.7 Å². The van der Waals surface area contributed by atoms with E-state index >= 15 is 0 Å². The number of aryl methyl sites for hydroxylation is 2. The van der Waals surface area contributed by atoms with Crippen LogP contribution in [-0.4, -0.2) is 21.9 Å². The molecule has 1 amide bonds. The Labute approximate surface area is 88.3 Å². The first-order valence-electron chi connectivity index (χ1n) is 4.77. The van der Waals surface area contributed by atoms with Crippen LogP contribution in [0.4, 0.5) is 0 Å². The van der Waals surface area contributed by atoms with Crippen molar-refractivity contribution in [3.8, 4) is 0 Å². The van der Waals surface area contributed by atoms with E-state index in [9.17, 15) is 9.59 Å². The summed E-state index contributed by atoms with van der Waals surface area (Å²) >= 11 is 0. The van der Waals surface area contributed by atoms with Gasteiger partial charge < -0.3 is 5.32 Å². The second kappa shape index (κ2) is 4.72. The van der Waals surface area contributed by atoms with Gasteiger partial charge in [0.1, 0.15) is 5.78 Å². The molecule has 0 atom stereocenters. The zero-order valence-corrected chi connectivity index (χ0v) is 9.18. The van der Waals surface area contributed by atoms with Gasteiger partial charge in [0.2, 0.25) is 5.91 Å². The van der Waals surface area contributed by atoms with E-state index in [1.807, 2.05) is 13.8 Å². The van der Waals surface area contributed by atoms with Crippen molar-refractivity contribution < 1.29 is 9.59 Å². The van der Waals surface area contributed by atoms with Crippen molar-refractivity contribution in [3.05, 3.63) is 17.0 Å². The predicted octanol–water partition coefficient (Wildman–Crippen LogP) is 0.622. The second-order valence-electron chi connectivity index (χ2n) is 3.57. The molecule has 1 heterocycles. The molecule has 1 aromatic heterocycles. The fourth-order valence-corrected chi connectivity index (χ4v) is 1.31.